The fourth-order valence-electron chi connectivity index (χ4n) is 2.01. The summed E-state index contributed by atoms with van der Waals surface area (Å²) in [5.74, 6) is 1.03. The number of hydrogen-bond donors (Lipinski definition) is 1. The fourth-order valence-corrected chi connectivity index (χ4v) is 2.49. The lowest BCUT2D eigenvalue weighted by atomic mass is 10.1. The van der Waals surface area contributed by atoms with E-state index in [1.165, 1.54) is 6.33 Å². The van der Waals surface area contributed by atoms with Gasteiger partial charge in [-0.15, -0.1) is 0 Å². The normalized spacial score (nSPS) is 11.0. The van der Waals surface area contributed by atoms with Crippen LogP contribution in [-0.2, 0) is 0 Å². The smallest absolute Gasteiger partial charge is 0.250 e. The number of aromatic nitrogens is 4. The number of nitrogens with zero attached hydrogens (tertiary/aromatic N) is 3. The lowest BCUT2D eigenvalue weighted by Gasteiger charge is -2.11. The number of fused-ring (bicyclic) bond motifs is 1. The molecule has 1 aromatic carbocycles. The molecule has 0 atom stereocenters. The summed E-state index contributed by atoms with van der Waals surface area (Å²) in [6.45, 7) is 3.84. The Morgan fingerprint density at radius 2 is 1.80 bits per heavy atom. The third-order valence-electron chi connectivity index (χ3n) is 2.85. The number of rotatable bonds is 2. The van der Waals surface area contributed by atoms with Crippen LogP contribution in [-0.4, -0.2) is 19.9 Å². The Morgan fingerprint density at radius 1 is 1.10 bits per heavy atom. The molecule has 0 aliphatic carbocycles. The molecule has 0 saturated heterocycles. The van der Waals surface area contributed by atoms with E-state index in [1.54, 1.807) is 0 Å². The molecular formula is C13H10Cl2N4O. The molecule has 20 heavy (non-hydrogen) atoms. The Hall–Kier alpha value is -1.85. The highest BCUT2D eigenvalue weighted by Gasteiger charge is 2.14. The molecule has 5 nitrogen and oxygen atoms in total. The molecule has 1 N–H and O–H groups in total. The molecule has 0 radical (unpaired) electrons. The third kappa shape index (κ3) is 2.30. The first-order valence-electron chi connectivity index (χ1n) is 5.86. The molecule has 102 valence electrons. The molecule has 0 unspecified atom stereocenters. The number of aromatic amines is 1. The van der Waals surface area contributed by atoms with Gasteiger partial charge in [-0.05, 0) is 48.7 Å². The van der Waals surface area contributed by atoms with Crippen molar-refractivity contribution < 1.29 is 4.74 Å². The monoisotopic (exact) mass is 308 g/mol. The van der Waals surface area contributed by atoms with E-state index in [2.05, 4.69) is 19.9 Å². The maximum absolute atomic E-state index is 6.01. The van der Waals surface area contributed by atoms with Crippen molar-refractivity contribution in [1.82, 2.24) is 19.9 Å². The van der Waals surface area contributed by atoms with Gasteiger partial charge in [0.25, 0.3) is 0 Å². The zero-order valence-electron chi connectivity index (χ0n) is 10.7. The number of aryl methyl sites for hydroxylation is 2. The van der Waals surface area contributed by atoms with E-state index < -0.39 is 0 Å². The minimum absolute atomic E-state index is 0.0869. The number of imidazole rings is 1. The fraction of sp³-hybridized carbons (Fsp3) is 0.154. The number of benzene rings is 1. The van der Waals surface area contributed by atoms with Gasteiger partial charge in [-0.25, -0.2) is 4.98 Å². The van der Waals surface area contributed by atoms with Crippen LogP contribution in [0, 0.1) is 13.8 Å². The predicted molar refractivity (Wildman–Crippen MR) is 77.7 cm³/mol. The second-order valence-corrected chi connectivity index (χ2v) is 5.14. The van der Waals surface area contributed by atoms with Crippen molar-refractivity contribution in [3.63, 3.8) is 0 Å². The molecule has 7 heteroatoms. The van der Waals surface area contributed by atoms with Gasteiger partial charge in [-0.2, -0.15) is 9.97 Å². The summed E-state index contributed by atoms with van der Waals surface area (Å²) in [5.41, 5.74) is 2.89. The zero-order chi connectivity index (χ0) is 14.3. The van der Waals surface area contributed by atoms with Crippen molar-refractivity contribution in [3.05, 3.63) is 39.9 Å². The number of ether oxygens (including phenoxy) is 1. The molecule has 0 amide bonds. The van der Waals surface area contributed by atoms with Gasteiger partial charge in [0.15, 0.2) is 5.65 Å². The van der Waals surface area contributed by atoms with E-state index in [9.17, 15) is 0 Å². The average Bonchev–Trinajstić information content (AvgIpc) is 2.81. The van der Waals surface area contributed by atoms with Gasteiger partial charge >= 0.3 is 0 Å². The van der Waals surface area contributed by atoms with E-state index in [1.807, 2.05) is 26.0 Å². The maximum atomic E-state index is 6.01. The van der Waals surface area contributed by atoms with E-state index in [4.69, 9.17) is 27.9 Å². The van der Waals surface area contributed by atoms with Crippen LogP contribution in [0.3, 0.4) is 0 Å². The number of halogens is 2. The molecule has 0 aliphatic rings. The van der Waals surface area contributed by atoms with Gasteiger partial charge in [0, 0.05) is 5.02 Å². The quantitative estimate of drug-likeness (QED) is 0.725. The van der Waals surface area contributed by atoms with Crippen LogP contribution in [0.1, 0.15) is 11.1 Å². The van der Waals surface area contributed by atoms with Crippen LogP contribution < -0.4 is 4.74 Å². The topological polar surface area (TPSA) is 63.7 Å². The highest BCUT2D eigenvalue weighted by molar-refractivity contribution is 6.30. The summed E-state index contributed by atoms with van der Waals surface area (Å²) in [5, 5.41) is 0.753. The summed E-state index contributed by atoms with van der Waals surface area (Å²) >= 11 is 11.9. The van der Waals surface area contributed by atoms with E-state index in [0.717, 1.165) is 11.1 Å². The van der Waals surface area contributed by atoms with Gasteiger partial charge in [0.1, 0.15) is 11.3 Å². The number of hydrogen-bond acceptors (Lipinski definition) is 4. The molecule has 2 aromatic heterocycles. The summed E-state index contributed by atoms with van der Waals surface area (Å²) in [4.78, 5) is 15.1. The molecule has 0 spiro atoms. The second-order valence-electron chi connectivity index (χ2n) is 4.37. The number of nitrogens with one attached hydrogen (secondary N) is 1. The molecule has 3 aromatic rings. The standard InChI is InChI=1S/C13H10Cl2N4O/c1-6-3-8(14)4-7(2)10(6)20-12-9-11(17-5-16-9)18-13(15)19-12/h3-5H,1-2H3,(H,16,17,18,19). The van der Waals surface area contributed by atoms with Gasteiger partial charge in [0.05, 0.1) is 6.33 Å². The van der Waals surface area contributed by atoms with Crippen molar-refractivity contribution in [1.29, 1.82) is 0 Å². The Kier molecular flexibility index (Phi) is 3.23. The van der Waals surface area contributed by atoms with E-state index in [0.29, 0.717) is 27.8 Å². The largest absolute Gasteiger partial charge is 0.436 e. The second kappa shape index (κ2) is 4.92. The summed E-state index contributed by atoms with van der Waals surface area (Å²) in [6.07, 6.45) is 1.52. The summed E-state index contributed by atoms with van der Waals surface area (Å²) < 4.78 is 5.88. The molecule has 0 aliphatic heterocycles. The van der Waals surface area contributed by atoms with Crippen molar-refractivity contribution in [2.45, 2.75) is 13.8 Å². The highest BCUT2D eigenvalue weighted by Crippen LogP contribution is 2.33. The zero-order valence-corrected chi connectivity index (χ0v) is 12.2. The van der Waals surface area contributed by atoms with Gasteiger partial charge in [-0.3, -0.25) is 0 Å². The lowest BCUT2D eigenvalue weighted by molar-refractivity contribution is 0.460. The molecule has 0 fully saturated rings. The average molecular weight is 309 g/mol. The van der Waals surface area contributed by atoms with Crippen molar-refractivity contribution in [2.24, 2.45) is 0 Å². The Morgan fingerprint density at radius 3 is 2.50 bits per heavy atom. The van der Waals surface area contributed by atoms with Crippen LogP contribution >= 0.6 is 23.2 Å². The number of H-pyrrole nitrogens is 1. The maximum Gasteiger partial charge on any atom is 0.250 e. The molecule has 0 bridgehead atoms. The predicted octanol–water partition coefficient (Wildman–Crippen LogP) is 4.07. The van der Waals surface area contributed by atoms with Crippen LogP contribution in [0.5, 0.6) is 11.6 Å². The third-order valence-corrected chi connectivity index (χ3v) is 3.24. The van der Waals surface area contributed by atoms with Crippen LogP contribution in [0.15, 0.2) is 18.5 Å². The minimum Gasteiger partial charge on any atom is -0.436 e. The molecule has 3 rings (SSSR count). The molecule has 2 heterocycles. The first-order chi connectivity index (χ1) is 9.54. The van der Waals surface area contributed by atoms with Crippen LogP contribution in [0.25, 0.3) is 11.2 Å². The molecular weight excluding hydrogens is 299 g/mol. The van der Waals surface area contributed by atoms with Crippen LogP contribution in [0.2, 0.25) is 10.3 Å². The van der Waals surface area contributed by atoms with E-state index >= 15 is 0 Å². The Bertz CT molecular complexity index is 777. The first-order valence-corrected chi connectivity index (χ1v) is 6.61. The minimum atomic E-state index is 0.0869. The van der Waals surface area contributed by atoms with Gasteiger partial charge in [-0.1, -0.05) is 11.6 Å². The van der Waals surface area contributed by atoms with Crippen molar-refractivity contribution in [3.8, 4) is 11.6 Å². The highest BCUT2D eigenvalue weighted by atomic mass is 35.5. The first kappa shape index (κ1) is 13.1. The van der Waals surface area contributed by atoms with Crippen molar-refractivity contribution in [2.75, 3.05) is 0 Å². The van der Waals surface area contributed by atoms with Crippen molar-refractivity contribution >= 4 is 34.4 Å². The Labute approximate surface area is 124 Å². The Balaban J connectivity index is 2.12. The van der Waals surface area contributed by atoms with E-state index in [-0.39, 0.29) is 5.28 Å². The van der Waals surface area contributed by atoms with Crippen LogP contribution in [0.4, 0.5) is 0 Å². The SMILES string of the molecule is Cc1cc(Cl)cc(C)c1Oc1nc(Cl)nc2nc[nH]c12. The van der Waals surface area contributed by atoms with Gasteiger partial charge in [0.2, 0.25) is 11.2 Å². The van der Waals surface area contributed by atoms with Gasteiger partial charge < -0.3 is 9.72 Å². The molecule has 0 saturated carbocycles. The summed E-state index contributed by atoms with van der Waals surface area (Å²) in [6, 6.07) is 3.66. The summed E-state index contributed by atoms with van der Waals surface area (Å²) in [7, 11) is 0. The lowest BCUT2D eigenvalue weighted by Crippen LogP contribution is -1.96.